The van der Waals surface area contributed by atoms with Gasteiger partial charge in [0.25, 0.3) is 0 Å². The Bertz CT molecular complexity index is 578. The van der Waals surface area contributed by atoms with Crippen LogP contribution in [0, 0.1) is 11.7 Å². The summed E-state index contributed by atoms with van der Waals surface area (Å²) in [5, 5.41) is 2.70. The van der Waals surface area contributed by atoms with Gasteiger partial charge >= 0.3 is 6.18 Å². The number of nitrogens with zero attached hydrogens (tertiary/aromatic N) is 1. The zero-order chi connectivity index (χ0) is 17.7. The molecule has 0 radical (unpaired) electrons. The van der Waals surface area contributed by atoms with Gasteiger partial charge in [-0.2, -0.15) is 13.2 Å². The Morgan fingerprint density at radius 2 is 2.17 bits per heavy atom. The number of alkyl halides is 3. The summed E-state index contributed by atoms with van der Waals surface area (Å²) in [6, 6.07) is 4.28. The molecule has 1 amide bonds. The molecule has 0 unspecified atom stereocenters. The Kier molecular flexibility index (Phi) is 6.04. The Morgan fingerprint density at radius 3 is 2.79 bits per heavy atom. The van der Waals surface area contributed by atoms with E-state index in [0.717, 1.165) is 0 Å². The van der Waals surface area contributed by atoms with Crippen molar-refractivity contribution in [2.45, 2.75) is 19.0 Å². The van der Waals surface area contributed by atoms with Crippen molar-refractivity contribution in [3.63, 3.8) is 0 Å². The van der Waals surface area contributed by atoms with Gasteiger partial charge < -0.3 is 10.1 Å². The van der Waals surface area contributed by atoms with Crippen molar-refractivity contribution < 1.29 is 27.1 Å². The third-order valence-corrected chi connectivity index (χ3v) is 3.94. The molecule has 0 aliphatic carbocycles. The Balaban J connectivity index is 1.75. The number of carbonyl (C=O) groups is 1. The zero-order valence-electron chi connectivity index (χ0n) is 13.3. The van der Waals surface area contributed by atoms with Crippen LogP contribution in [0.3, 0.4) is 0 Å². The normalized spacial score (nSPS) is 18.6. The standard InChI is InChI=1S/C16H20F4N2O2/c1-24-14-3-2-11(6-13(14)17)7-15(23)21-8-12-4-5-22(9-12)10-16(18,19)20/h2-3,6,12H,4-5,7-10H2,1H3,(H,21,23)/t12-/m0/s1. The molecule has 0 spiro atoms. The molecule has 0 saturated carbocycles. The zero-order valence-corrected chi connectivity index (χ0v) is 13.3. The third kappa shape index (κ3) is 5.67. The van der Waals surface area contributed by atoms with Gasteiger partial charge in [0.05, 0.1) is 20.1 Å². The number of ether oxygens (including phenoxy) is 1. The largest absolute Gasteiger partial charge is 0.494 e. The van der Waals surface area contributed by atoms with E-state index in [1.807, 2.05) is 0 Å². The van der Waals surface area contributed by atoms with E-state index in [-0.39, 0.29) is 24.0 Å². The molecule has 1 N–H and O–H groups in total. The molecule has 1 aromatic rings. The summed E-state index contributed by atoms with van der Waals surface area (Å²) in [6.45, 7) is 0.106. The molecule has 134 valence electrons. The van der Waals surface area contributed by atoms with Crippen LogP contribution >= 0.6 is 0 Å². The first-order valence-corrected chi connectivity index (χ1v) is 7.65. The second kappa shape index (κ2) is 7.83. The summed E-state index contributed by atoms with van der Waals surface area (Å²) >= 11 is 0. The number of carbonyl (C=O) groups excluding carboxylic acids is 1. The summed E-state index contributed by atoms with van der Waals surface area (Å²) in [5.41, 5.74) is 0.510. The van der Waals surface area contributed by atoms with Crippen LogP contribution in [0.1, 0.15) is 12.0 Å². The Labute approximate surface area is 137 Å². The van der Waals surface area contributed by atoms with Gasteiger partial charge in [0, 0.05) is 13.1 Å². The average molecular weight is 348 g/mol. The van der Waals surface area contributed by atoms with Gasteiger partial charge in [0.15, 0.2) is 11.6 Å². The SMILES string of the molecule is COc1ccc(CC(=O)NC[C@@H]2CCN(CC(F)(F)F)C2)cc1F. The van der Waals surface area contributed by atoms with Crippen LogP contribution in [-0.4, -0.2) is 50.3 Å². The molecular weight excluding hydrogens is 328 g/mol. The molecule has 1 heterocycles. The van der Waals surface area contributed by atoms with Crippen molar-refractivity contribution in [2.75, 3.05) is 33.3 Å². The van der Waals surface area contributed by atoms with Crippen molar-refractivity contribution >= 4 is 5.91 Å². The number of amides is 1. The highest BCUT2D eigenvalue weighted by Gasteiger charge is 2.34. The first-order valence-electron chi connectivity index (χ1n) is 7.65. The van der Waals surface area contributed by atoms with Crippen LogP contribution in [0.15, 0.2) is 18.2 Å². The lowest BCUT2D eigenvalue weighted by atomic mass is 10.1. The van der Waals surface area contributed by atoms with Gasteiger partial charge in [-0.3, -0.25) is 9.69 Å². The molecule has 8 heteroatoms. The van der Waals surface area contributed by atoms with Crippen molar-refractivity contribution in [1.29, 1.82) is 0 Å². The van der Waals surface area contributed by atoms with Crippen LogP contribution in [0.4, 0.5) is 17.6 Å². The van der Waals surface area contributed by atoms with E-state index < -0.39 is 18.5 Å². The maximum absolute atomic E-state index is 13.6. The third-order valence-electron chi connectivity index (χ3n) is 3.94. The topological polar surface area (TPSA) is 41.6 Å². The molecule has 4 nitrogen and oxygen atoms in total. The lowest BCUT2D eigenvalue weighted by Gasteiger charge is -2.18. The lowest BCUT2D eigenvalue weighted by Crippen LogP contribution is -2.35. The van der Waals surface area contributed by atoms with Gasteiger partial charge in [-0.05, 0) is 36.6 Å². The minimum atomic E-state index is -4.20. The number of halogens is 4. The van der Waals surface area contributed by atoms with E-state index in [4.69, 9.17) is 4.74 Å². The van der Waals surface area contributed by atoms with Gasteiger partial charge in [-0.25, -0.2) is 4.39 Å². The van der Waals surface area contributed by atoms with Crippen molar-refractivity contribution in [2.24, 2.45) is 5.92 Å². The maximum Gasteiger partial charge on any atom is 0.401 e. The molecule has 1 saturated heterocycles. The van der Waals surface area contributed by atoms with Gasteiger partial charge in [-0.1, -0.05) is 6.07 Å². The van der Waals surface area contributed by atoms with Crippen LogP contribution in [0.25, 0.3) is 0 Å². The smallest absolute Gasteiger partial charge is 0.401 e. The number of methoxy groups -OCH3 is 1. The summed E-state index contributed by atoms with van der Waals surface area (Å²) in [7, 11) is 1.36. The number of benzene rings is 1. The van der Waals surface area contributed by atoms with E-state index in [2.05, 4.69) is 5.32 Å². The highest BCUT2D eigenvalue weighted by Crippen LogP contribution is 2.22. The van der Waals surface area contributed by atoms with Crippen LogP contribution in [-0.2, 0) is 11.2 Å². The number of likely N-dealkylation sites (tertiary alicyclic amines) is 1. The number of rotatable bonds is 6. The van der Waals surface area contributed by atoms with Crippen LogP contribution in [0.2, 0.25) is 0 Å². The molecule has 0 aromatic heterocycles. The summed E-state index contributed by atoms with van der Waals surface area (Å²) in [6.07, 6.45) is -3.57. The van der Waals surface area contributed by atoms with Gasteiger partial charge in [0.2, 0.25) is 5.91 Å². The van der Waals surface area contributed by atoms with Crippen LogP contribution in [0.5, 0.6) is 5.75 Å². The first-order chi connectivity index (χ1) is 11.3. The fraction of sp³-hybridized carbons (Fsp3) is 0.562. The van der Waals surface area contributed by atoms with Gasteiger partial charge in [-0.15, -0.1) is 0 Å². The second-order valence-electron chi connectivity index (χ2n) is 5.95. The van der Waals surface area contributed by atoms with Crippen molar-refractivity contribution in [3.8, 4) is 5.75 Å². The summed E-state index contributed by atoms with van der Waals surface area (Å²) < 4.78 is 55.3. The van der Waals surface area contributed by atoms with E-state index in [1.165, 1.54) is 24.1 Å². The first kappa shape index (κ1) is 18.5. The minimum absolute atomic E-state index is 0.00361. The van der Waals surface area contributed by atoms with Crippen LogP contribution < -0.4 is 10.1 Å². The lowest BCUT2D eigenvalue weighted by molar-refractivity contribution is -0.143. The highest BCUT2D eigenvalue weighted by atomic mass is 19.4. The Hall–Kier alpha value is -1.83. The number of hydrogen-bond acceptors (Lipinski definition) is 3. The Morgan fingerprint density at radius 1 is 1.42 bits per heavy atom. The van der Waals surface area contributed by atoms with Gasteiger partial charge in [0.1, 0.15) is 0 Å². The molecule has 1 aliphatic heterocycles. The summed E-state index contributed by atoms with van der Waals surface area (Å²) in [5.74, 6) is -0.714. The summed E-state index contributed by atoms with van der Waals surface area (Å²) in [4.78, 5) is 13.2. The molecule has 0 bridgehead atoms. The molecule has 1 aliphatic rings. The van der Waals surface area contributed by atoms with Crippen molar-refractivity contribution in [3.05, 3.63) is 29.6 Å². The second-order valence-corrected chi connectivity index (χ2v) is 5.95. The van der Waals surface area contributed by atoms with Crippen molar-refractivity contribution in [1.82, 2.24) is 10.2 Å². The highest BCUT2D eigenvalue weighted by molar-refractivity contribution is 5.78. The number of hydrogen-bond donors (Lipinski definition) is 1. The molecule has 24 heavy (non-hydrogen) atoms. The fourth-order valence-corrected chi connectivity index (χ4v) is 2.80. The fourth-order valence-electron chi connectivity index (χ4n) is 2.80. The average Bonchev–Trinajstić information content (AvgIpc) is 2.91. The monoisotopic (exact) mass is 348 g/mol. The maximum atomic E-state index is 13.6. The molecular formula is C16H20F4N2O2. The molecule has 2 rings (SSSR count). The predicted octanol–water partition coefficient (Wildman–Crippen LogP) is 2.38. The van der Waals surface area contributed by atoms with E-state index in [0.29, 0.717) is 31.6 Å². The van der Waals surface area contributed by atoms with E-state index >= 15 is 0 Å². The quantitative estimate of drug-likeness (QED) is 0.803. The molecule has 1 atom stereocenters. The molecule has 1 fully saturated rings. The number of nitrogens with one attached hydrogen (secondary N) is 1. The van der Waals surface area contributed by atoms with E-state index in [1.54, 1.807) is 6.07 Å². The minimum Gasteiger partial charge on any atom is -0.494 e. The molecule has 1 aromatic carbocycles. The van der Waals surface area contributed by atoms with E-state index in [9.17, 15) is 22.4 Å². The predicted molar refractivity (Wildman–Crippen MR) is 80.3 cm³/mol.